The number of anilines is 1. The van der Waals surface area contributed by atoms with Gasteiger partial charge in [0.2, 0.25) is 0 Å². The SMILES string of the molecule is CN(C(=O)c1cccc(NC2=C(Cl)C(=O)N(Cc3ccccc3)C2=O)c1)C1CCCCC1. The van der Waals surface area contributed by atoms with Gasteiger partial charge in [-0.15, -0.1) is 0 Å². The van der Waals surface area contributed by atoms with Gasteiger partial charge >= 0.3 is 0 Å². The van der Waals surface area contributed by atoms with E-state index >= 15 is 0 Å². The van der Waals surface area contributed by atoms with Crippen LogP contribution in [-0.4, -0.2) is 40.6 Å². The van der Waals surface area contributed by atoms with Crippen LogP contribution in [0.25, 0.3) is 0 Å². The van der Waals surface area contributed by atoms with Crippen molar-refractivity contribution < 1.29 is 14.4 Å². The minimum Gasteiger partial charge on any atom is -0.350 e. The van der Waals surface area contributed by atoms with Gasteiger partial charge in [-0.1, -0.05) is 67.3 Å². The van der Waals surface area contributed by atoms with Gasteiger partial charge in [-0.3, -0.25) is 19.3 Å². The highest BCUT2D eigenvalue weighted by Gasteiger charge is 2.37. The Morgan fingerprint density at radius 3 is 2.47 bits per heavy atom. The zero-order valence-electron chi connectivity index (χ0n) is 18.0. The average Bonchev–Trinajstić information content (AvgIpc) is 3.03. The number of halogens is 1. The molecule has 1 aliphatic heterocycles. The van der Waals surface area contributed by atoms with E-state index in [2.05, 4.69) is 5.32 Å². The van der Waals surface area contributed by atoms with Crippen molar-refractivity contribution in [3.8, 4) is 0 Å². The molecular formula is C25H26ClN3O3. The third kappa shape index (κ3) is 4.55. The smallest absolute Gasteiger partial charge is 0.279 e. The molecular weight excluding hydrogens is 426 g/mol. The fourth-order valence-electron chi connectivity index (χ4n) is 4.28. The minimum atomic E-state index is -0.535. The number of hydrogen-bond acceptors (Lipinski definition) is 4. The van der Waals surface area contributed by atoms with Crippen molar-refractivity contribution >= 4 is 35.0 Å². The predicted molar refractivity (Wildman–Crippen MR) is 124 cm³/mol. The van der Waals surface area contributed by atoms with Gasteiger partial charge in [-0.2, -0.15) is 0 Å². The lowest BCUT2D eigenvalue weighted by atomic mass is 9.94. The van der Waals surface area contributed by atoms with Crippen molar-refractivity contribution in [3.05, 3.63) is 76.5 Å². The number of carbonyl (C=O) groups is 3. The summed E-state index contributed by atoms with van der Waals surface area (Å²) in [4.78, 5) is 41.4. The van der Waals surface area contributed by atoms with Crippen molar-refractivity contribution in [2.45, 2.75) is 44.7 Å². The summed E-state index contributed by atoms with van der Waals surface area (Å²) in [6.07, 6.45) is 5.56. The number of rotatable bonds is 6. The number of nitrogens with one attached hydrogen (secondary N) is 1. The molecule has 1 saturated carbocycles. The fraction of sp³-hybridized carbons (Fsp3) is 0.320. The highest BCUT2D eigenvalue weighted by atomic mass is 35.5. The standard InChI is InChI=1S/C25H26ClN3O3/c1-28(20-13-6-3-7-14-20)23(30)18-11-8-12-19(15-18)27-22-21(26)24(31)29(25(22)32)16-17-9-4-2-5-10-17/h2,4-5,8-12,15,20,27H,3,6-7,13-14,16H2,1H3. The largest absolute Gasteiger partial charge is 0.350 e. The summed E-state index contributed by atoms with van der Waals surface area (Å²) in [7, 11) is 1.85. The summed E-state index contributed by atoms with van der Waals surface area (Å²) >= 11 is 6.22. The first kappa shape index (κ1) is 22.1. The fourth-order valence-corrected chi connectivity index (χ4v) is 4.51. The van der Waals surface area contributed by atoms with E-state index < -0.39 is 11.8 Å². The molecule has 1 fully saturated rings. The molecule has 0 radical (unpaired) electrons. The lowest BCUT2D eigenvalue weighted by Crippen LogP contribution is -2.38. The van der Waals surface area contributed by atoms with Gasteiger partial charge < -0.3 is 10.2 Å². The lowest BCUT2D eigenvalue weighted by Gasteiger charge is -2.31. The van der Waals surface area contributed by atoms with Crippen LogP contribution in [0.15, 0.2) is 65.3 Å². The molecule has 1 aliphatic carbocycles. The van der Waals surface area contributed by atoms with Crippen LogP contribution in [0.2, 0.25) is 0 Å². The quantitative estimate of drug-likeness (QED) is 0.655. The number of carbonyl (C=O) groups excluding carboxylic acids is 3. The summed E-state index contributed by atoms with van der Waals surface area (Å²) < 4.78 is 0. The zero-order chi connectivity index (χ0) is 22.7. The maximum Gasteiger partial charge on any atom is 0.279 e. The van der Waals surface area contributed by atoms with Crippen LogP contribution in [0.5, 0.6) is 0 Å². The third-order valence-electron chi connectivity index (χ3n) is 6.12. The van der Waals surface area contributed by atoms with E-state index in [0.29, 0.717) is 11.3 Å². The summed E-state index contributed by atoms with van der Waals surface area (Å²) in [6.45, 7) is 0.143. The predicted octanol–water partition coefficient (Wildman–Crippen LogP) is 4.52. The van der Waals surface area contributed by atoms with E-state index in [9.17, 15) is 14.4 Å². The third-order valence-corrected chi connectivity index (χ3v) is 6.47. The number of benzene rings is 2. The molecule has 4 rings (SSSR count). The molecule has 0 saturated heterocycles. The van der Waals surface area contributed by atoms with Gasteiger partial charge in [0.05, 0.1) is 6.54 Å². The molecule has 1 N–H and O–H groups in total. The summed E-state index contributed by atoms with van der Waals surface area (Å²) in [6, 6.07) is 16.5. The Kier molecular flexibility index (Phi) is 6.61. The Morgan fingerprint density at radius 2 is 1.75 bits per heavy atom. The first-order chi connectivity index (χ1) is 15.5. The van der Waals surface area contributed by atoms with Gasteiger partial charge in [0, 0.05) is 24.3 Å². The Labute approximate surface area is 192 Å². The minimum absolute atomic E-state index is 0.0258. The van der Waals surface area contributed by atoms with Gasteiger partial charge in [-0.25, -0.2) is 0 Å². The summed E-state index contributed by atoms with van der Waals surface area (Å²) in [5, 5.41) is 2.81. The number of nitrogens with zero attached hydrogens (tertiary/aromatic N) is 2. The molecule has 0 atom stereocenters. The Hall–Kier alpha value is -3.12. The van der Waals surface area contributed by atoms with Crippen LogP contribution in [0, 0.1) is 0 Å². The van der Waals surface area contributed by atoms with Gasteiger partial charge in [0.25, 0.3) is 17.7 Å². The molecule has 2 aromatic rings. The van der Waals surface area contributed by atoms with Crippen LogP contribution in [-0.2, 0) is 16.1 Å². The van der Waals surface area contributed by atoms with Crippen molar-refractivity contribution in [2.75, 3.05) is 12.4 Å². The number of imide groups is 1. The topological polar surface area (TPSA) is 69.7 Å². The normalized spacial score (nSPS) is 17.1. The van der Waals surface area contributed by atoms with Crippen molar-refractivity contribution in [1.82, 2.24) is 9.80 Å². The molecule has 7 heteroatoms. The van der Waals surface area contributed by atoms with Gasteiger partial charge in [0.15, 0.2) is 0 Å². The monoisotopic (exact) mass is 451 g/mol. The molecule has 166 valence electrons. The van der Waals surface area contributed by atoms with E-state index in [-0.39, 0.29) is 29.2 Å². The van der Waals surface area contributed by atoms with E-state index in [4.69, 9.17) is 11.6 Å². The molecule has 2 aromatic carbocycles. The zero-order valence-corrected chi connectivity index (χ0v) is 18.8. The first-order valence-electron chi connectivity index (χ1n) is 10.9. The second-order valence-electron chi connectivity index (χ2n) is 8.28. The maximum atomic E-state index is 13.0. The van der Waals surface area contributed by atoms with Gasteiger partial charge in [0.1, 0.15) is 10.7 Å². The summed E-state index contributed by atoms with van der Waals surface area (Å²) in [5.41, 5.74) is 1.91. The van der Waals surface area contributed by atoms with Gasteiger partial charge in [-0.05, 0) is 36.6 Å². The van der Waals surface area contributed by atoms with Crippen molar-refractivity contribution in [3.63, 3.8) is 0 Å². The van der Waals surface area contributed by atoms with E-state index in [1.165, 1.54) is 6.42 Å². The van der Waals surface area contributed by atoms with E-state index in [0.717, 1.165) is 36.1 Å². The molecule has 32 heavy (non-hydrogen) atoms. The van der Waals surface area contributed by atoms with E-state index in [1.807, 2.05) is 42.3 Å². The maximum absolute atomic E-state index is 13.0. The molecule has 1 heterocycles. The molecule has 0 aromatic heterocycles. The second-order valence-corrected chi connectivity index (χ2v) is 8.66. The van der Waals surface area contributed by atoms with E-state index in [1.54, 1.807) is 24.3 Å². The molecule has 0 spiro atoms. The Morgan fingerprint density at radius 1 is 1.03 bits per heavy atom. The molecule has 0 unspecified atom stereocenters. The Balaban J connectivity index is 1.48. The first-order valence-corrected chi connectivity index (χ1v) is 11.3. The average molecular weight is 452 g/mol. The van der Waals surface area contributed by atoms with Crippen molar-refractivity contribution in [1.29, 1.82) is 0 Å². The van der Waals surface area contributed by atoms with Crippen LogP contribution in [0.1, 0.15) is 48.0 Å². The molecule has 6 nitrogen and oxygen atoms in total. The summed E-state index contributed by atoms with van der Waals surface area (Å²) in [5.74, 6) is -1.08. The lowest BCUT2D eigenvalue weighted by molar-refractivity contribution is -0.138. The second kappa shape index (κ2) is 9.57. The van der Waals surface area contributed by atoms with Crippen LogP contribution in [0.3, 0.4) is 0 Å². The van der Waals surface area contributed by atoms with Crippen LogP contribution in [0.4, 0.5) is 5.69 Å². The Bertz CT molecular complexity index is 1060. The van der Waals surface area contributed by atoms with Crippen molar-refractivity contribution in [2.24, 2.45) is 0 Å². The van der Waals surface area contributed by atoms with Crippen LogP contribution >= 0.6 is 11.6 Å². The highest BCUT2D eigenvalue weighted by Crippen LogP contribution is 2.28. The number of amides is 3. The molecule has 2 aliphatic rings. The highest BCUT2D eigenvalue weighted by molar-refractivity contribution is 6.48. The molecule has 3 amide bonds. The number of hydrogen-bond donors (Lipinski definition) is 1. The molecule has 0 bridgehead atoms. The van der Waals surface area contributed by atoms with Crippen LogP contribution < -0.4 is 5.32 Å².